The average Bonchev–Trinajstić information content (AvgIpc) is 3.47. The number of nitrogens with one attached hydrogen (secondary N) is 2. The van der Waals surface area contributed by atoms with Crippen LogP contribution in [-0.2, 0) is 11.3 Å². The summed E-state index contributed by atoms with van der Waals surface area (Å²) >= 11 is 5.73. The van der Waals surface area contributed by atoms with Gasteiger partial charge in [-0.05, 0) is 72.8 Å². The molecule has 0 aliphatic carbocycles. The van der Waals surface area contributed by atoms with Crippen LogP contribution in [0.2, 0.25) is 0 Å². The molecule has 30 heavy (non-hydrogen) atoms. The quantitative estimate of drug-likeness (QED) is 0.365. The lowest BCUT2D eigenvalue weighted by Crippen LogP contribution is -2.30. The third-order valence-electron chi connectivity index (χ3n) is 4.52. The third-order valence-corrected chi connectivity index (χ3v) is 6.72. The first-order valence-electron chi connectivity index (χ1n) is 9.65. The molecule has 1 aliphatic rings. The lowest BCUT2D eigenvalue weighted by molar-refractivity contribution is 0.0596. The summed E-state index contributed by atoms with van der Waals surface area (Å²) in [6.07, 6.45) is 6.18. The average molecular weight is 518 g/mol. The molecule has 164 valence electrons. The fourth-order valence-corrected chi connectivity index (χ4v) is 4.98. The summed E-state index contributed by atoms with van der Waals surface area (Å²) in [7, 11) is 1.27. The van der Waals surface area contributed by atoms with Crippen LogP contribution in [0.4, 0.5) is 9.80 Å². The number of esters is 1. The minimum atomic E-state index is -0.625. The van der Waals surface area contributed by atoms with Gasteiger partial charge in [0.15, 0.2) is 5.56 Å². The highest BCUT2D eigenvalue weighted by Gasteiger charge is 2.25. The molecule has 2 aromatic rings. The van der Waals surface area contributed by atoms with Crippen molar-refractivity contribution in [2.24, 2.45) is 0 Å². The van der Waals surface area contributed by atoms with Crippen LogP contribution in [0.15, 0.2) is 9.98 Å². The number of halogens is 1. The van der Waals surface area contributed by atoms with Crippen LogP contribution in [0, 0.1) is 0 Å². The number of thiazole rings is 1. The number of carbonyl (C=O) groups is 2. The SMILES string of the molecule is COC(=O)c1c(OCc2ncc(Br)s2)nsc1NC(=O)NCCCCN1CCCC1. The summed E-state index contributed by atoms with van der Waals surface area (Å²) < 4.78 is 15.5. The van der Waals surface area contributed by atoms with Crippen LogP contribution in [0.3, 0.4) is 0 Å². The lowest BCUT2D eigenvalue weighted by Gasteiger charge is -2.14. The topological polar surface area (TPSA) is 106 Å². The highest BCUT2D eigenvalue weighted by atomic mass is 79.9. The van der Waals surface area contributed by atoms with E-state index in [9.17, 15) is 9.59 Å². The van der Waals surface area contributed by atoms with Gasteiger partial charge >= 0.3 is 12.0 Å². The molecule has 0 spiro atoms. The number of ether oxygens (including phenoxy) is 2. The molecule has 9 nitrogen and oxygen atoms in total. The summed E-state index contributed by atoms with van der Waals surface area (Å²) in [5, 5.41) is 6.50. The normalized spacial score (nSPS) is 13.9. The summed E-state index contributed by atoms with van der Waals surface area (Å²) in [5.74, 6) is -0.515. The Balaban J connectivity index is 1.49. The number of methoxy groups -OCH3 is 1. The Kier molecular flexibility index (Phi) is 8.85. The van der Waals surface area contributed by atoms with Gasteiger partial charge in [0.05, 0.1) is 17.1 Å². The second-order valence-electron chi connectivity index (χ2n) is 6.67. The lowest BCUT2D eigenvalue weighted by atomic mass is 10.3. The number of unbranched alkanes of at least 4 members (excludes halogenated alkanes) is 1. The maximum atomic E-state index is 12.2. The minimum absolute atomic E-state index is 0.0994. The zero-order valence-corrected chi connectivity index (χ0v) is 19.8. The maximum absolute atomic E-state index is 12.2. The van der Waals surface area contributed by atoms with Gasteiger partial charge in [-0.15, -0.1) is 11.3 Å². The number of hydrogen-bond acceptors (Lipinski definition) is 9. The highest BCUT2D eigenvalue weighted by Crippen LogP contribution is 2.32. The van der Waals surface area contributed by atoms with Gasteiger partial charge in [-0.2, -0.15) is 4.37 Å². The van der Waals surface area contributed by atoms with Crippen molar-refractivity contribution < 1.29 is 19.1 Å². The van der Waals surface area contributed by atoms with Crippen LogP contribution in [0.1, 0.15) is 41.0 Å². The van der Waals surface area contributed by atoms with Gasteiger partial charge in [0, 0.05) is 6.54 Å². The van der Waals surface area contributed by atoms with E-state index in [1.807, 2.05) is 0 Å². The molecule has 0 radical (unpaired) electrons. The van der Waals surface area contributed by atoms with Crippen molar-refractivity contribution >= 4 is 55.8 Å². The summed E-state index contributed by atoms with van der Waals surface area (Å²) in [6, 6.07) is -0.389. The third kappa shape index (κ3) is 6.62. The molecule has 0 atom stereocenters. The molecule has 0 bridgehead atoms. The summed E-state index contributed by atoms with van der Waals surface area (Å²) in [5.41, 5.74) is 0.0994. The minimum Gasteiger partial charge on any atom is -0.469 e. The van der Waals surface area contributed by atoms with E-state index in [0.29, 0.717) is 6.54 Å². The van der Waals surface area contributed by atoms with Gasteiger partial charge in [-0.3, -0.25) is 5.32 Å². The van der Waals surface area contributed by atoms with Gasteiger partial charge in [0.1, 0.15) is 16.6 Å². The first kappa shape index (κ1) is 22.9. The Morgan fingerprint density at radius 1 is 1.30 bits per heavy atom. The van der Waals surface area contributed by atoms with Crippen LogP contribution in [-0.4, -0.2) is 59.5 Å². The number of carbonyl (C=O) groups excluding carboxylic acids is 2. The van der Waals surface area contributed by atoms with Crippen LogP contribution in [0.25, 0.3) is 0 Å². The predicted molar refractivity (Wildman–Crippen MR) is 120 cm³/mol. The van der Waals surface area contributed by atoms with E-state index in [0.717, 1.165) is 39.7 Å². The Labute approximate surface area is 191 Å². The fourth-order valence-electron chi connectivity index (χ4n) is 3.04. The molecule has 3 rings (SSSR count). The van der Waals surface area contributed by atoms with E-state index < -0.39 is 5.97 Å². The summed E-state index contributed by atoms with van der Waals surface area (Å²) in [6.45, 7) is 4.15. The standard InChI is InChI=1S/C18H24BrN5O4S2/c1-27-17(25)14-15(28-11-13-21-10-12(19)29-13)23-30-16(14)22-18(26)20-6-2-3-7-24-8-4-5-9-24/h10H,2-9,11H2,1H3,(H2,20,22,26). The highest BCUT2D eigenvalue weighted by molar-refractivity contribution is 9.11. The van der Waals surface area contributed by atoms with Gasteiger partial charge in [0.2, 0.25) is 5.88 Å². The smallest absolute Gasteiger partial charge is 0.346 e. The molecule has 2 aromatic heterocycles. The molecule has 1 aliphatic heterocycles. The second kappa shape index (κ2) is 11.6. The Morgan fingerprint density at radius 2 is 2.10 bits per heavy atom. The van der Waals surface area contributed by atoms with Crippen molar-refractivity contribution in [1.29, 1.82) is 0 Å². The number of nitrogens with zero attached hydrogens (tertiary/aromatic N) is 3. The number of urea groups is 1. The second-order valence-corrected chi connectivity index (χ2v) is 9.93. The van der Waals surface area contributed by atoms with Crippen molar-refractivity contribution in [2.45, 2.75) is 32.3 Å². The summed E-state index contributed by atoms with van der Waals surface area (Å²) in [4.78, 5) is 31.1. The zero-order chi connectivity index (χ0) is 21.3. The zero-order valence-electron chi connectivity index (χ0n) is 16.6. The predicted octanol–water partition coefficient (Wildman–Crippen LogP) is 3.73. The van der Waals surface area contributed by atoms with Gasteiger partial charge < -0.3 is 19.7 Å². The molecule has 2 N–H and O–H groups in total. The monoisotopic (exact) mass is 517 g/mol. The van der Waals surface area contributed by atoms with E-state index in [-0.39, 0.29) is 29.1 Å². The van der Waals surface area contributed by atoms with E-state index >= 15 is 0 Å². The Morgan fingerprint density at radius 3 is 2.80 bits per heavy atom. The molecule has 3 heterocycles. The van der Waals surface area contributed by atoms with Crippen LogP contribution >= 0.6 is 38.8 Å². The van der Waals surface area contributed by atoms with E-state index in [1.54, 1.807) is 6.20 Å². The van der Waals surface area contributed by atoms with E-state index in [4.69, 9.17) is 9.47 Å². The Bertz CT molecular complexity index is 854. The van der Waals surface area contributed by atoms with Crippen molar-refractivity contribution in [3.05, 3.63) is 20.6 Å². The first-order chi connectivity index (χ1) is 14.6. The van der Waals surface area contributed by atoms with Gasteiger partial charge in [0.25, 0.3) is 0 Å². The number of hydrogen-bond donors (Lipinski definition) is 2. The molecule has 1 fully saturated rings. The van der Waals surface area contributed by atoms with Crippen LogP contribution in [0.5, 0.6) is 5.88 Å². The number of aromatic nitrogens is 2. The molecule has 12 heteroatoms. The van der Waals surface area contributed by atoms with E-state index in [1.165, 1.54) is 44.4 Å². The number of amides is 2. The molecule has 1 saturated heterocycles. The molecule has 0 unspecified atom stereocenters. The molecule has 0 saturated carbocycles. The van der Waals surface area contributed by atoms with Crippen molar-refractivity contribution in [3.63, 3.8) is 0 Å². The molecule has 2 amide bonds. The number of likely N-dealkylation sites (tertiary alicyclic amines) is 1. The Hall–Kier alpha value is -1.76. The number of rotatable bonds is 10. The van der Waals surface area contributed by atoms with Crippen molar-refractivity contribution in [3.8, 4) is 5.88 Å². The molecular weight excluding hydrogens is 494 g/mol. The van der Waals surface area contributed by atoms with Gasteiger partial charge in [-0.1, -0.05) is 0 Å². The maximum Gasteiger partial charge on any atom is 0.346 e. The van der Waals surface area contributed by atoms with Crippen LogP contribution < -0.4 is 15.4 Å². The van der Waals surface area contributed by atoms with Crippen molar-refractivity contribution in [1.82, 2.24) is 19.6 Å². The largest absolute Gasteiger partial charge is 0.469 e. The first-order valence-corrected chi connectivity index (χ1v) is 12.0. The number of anilines is 1. The van der Waals surface area contributed by atoms with Gasteiger partial charge in [-0.25, -0.2) is 14.6 Å². The molecular formula is C18H24BrN5O4S2. The fraction of sp³-hybridized carbons (Fsp3) is 0.556. The van der Waals surface area contributed by atoms with E-state index in [2.05, 4.69) is 40.8 Å². The van der Waals surface area contributed by atoms with Crippen molar-refractivity contribution in [2.75, 3.05) is 38.6 Å². The molecule has 0 aromatic carbocycles.